The minimum atomic E-state index is 0.384. The molecular weight excluding hydrogens is 262 g/mol. The molecule has 3 rings (SSSR count). The van der Waals surface area contributed by atoms with Crippen molar-refractivity contribution < 1.29 is 9.47 Å². The van der Waals surface area contributed by atoms with Gasteiger partial charge in [0.1, 0.15) is 11.5 Å². The van der Waals surface area contributed by atoms with E-state index in [9.17, 15) is 0 Å². The topological polar surface area (TPSA) is 30.5 Å². The first kappa shape index (κ1) is 14.7. The van der Waals surface area contributed by atoms with Crippen LogP contribution in [0, 0.1) is 5.92 Å². The van der Waals surface area contributed by atoms with Crippen LogP contribution in [0.2, 0.25) is 0 Å². The van der Waals surface area contributed by atoms with Crippen molar-refractivity contribution in [2.45, 2.75) is 64.1 Å². The summed E-state index contributed by atoms with van der Waals surface area (Å²) in [5.74, 6) is 2.80. The lowest BCUT2D eigenvalue weighted by molar-refractivity contribution is 0.134. The molecule has 21 heavy (non-hydrogen) atoms. The molecule has 3 nitrogen and oxygen atoms in total. The summed E-state index contributed by atoms with van der Waals surface area (Å²) in [6.07, 6.45) is 7.94. The van der Waals surface area contributed by atoms with E-state index >= 15 is 0 Å². The van der Waals surface area contributed by atoms with Crippen molar-refractivity contribution in [3.8, 4) is 11.5 Å². The maximum atomic E-state index is 6.29. The maximum absolute atomic E-state index is 6.29. The third kappa shape index (κ3) is 4.13. The summed E-state index contributed by atoms with van der Waals surface area (Å²) in [5.41, 5.74) is 1.22. The molecule has 0 spiro atoms. The maximum Gasteiger partial charge on any atom is 0.124 e. The molecule has 0 aliphatic heterocycles. The second-order valence-corrected chi connectivity index (χ2v) is 6.63. The van der Waals surface area contributed by atoms with Crippen LogP contribution in [-0.2, 0) is 6.54 Å². The van der Waals surface area contributed by atoms with E-state index in [1.807, 2.05) is 6.07 Å². The zero-order valence-corrected chi connectivity index (χ0v) is 13.2. The highest BCUT2D eigenvalue weighted by molar-refractivity contribution is 5.40. The summed E-state index contributed by atoms with van der Waals surface area (Å²) >= 11 is 0. The first-order chi connectivity index (χ1) is 10.2. The predicted octanol–water partition coefficient (Wildman–Crippen LogP) is 3.90. The van der Waals surface area contributed by atoms with Crippen molar-refractivity contribution >= 4 is 0 Å². The number of benzene rings is 1. The Hall–Kier alpha value is -1.22. The average Bonchev–Trinajstić information content (AvgIpc) is 3.33. The van der Waals surface area contributed by atoms with Crippen LogP contribution in [0.4, 0.5) is 0 Å². The highest BCUT2D eigenvalue weighted by Crippen LogP contribution is 2.31. The van der Waals surface area contributed by atoms with Gasteiger partial charge in [-0.15, -0.1) is 0 Å². The quantitative estimate of drug-likeness (QED) is 0.861. The highest BCUT2D eigenvalue weighted by atomic mass is 16.5. The van der Waals surface area contributed by atoms with E-state index in [0.29, 0.717) is 12.1 Å². The molecule has 0 amide bonds. The van der Waals surface area contributed by atoms with Gasteiger partial charge in [0.15, 0.2) is 0 Å². The van der Waals surface area contributed by atoms with Gasteiger partial charge in [0.2, 0.25) is 0 Å². The number of hydrogen-bond acceptors (Lipinski definition) is 3. The lowest BCUT2D eigenvalue weighted by atomic mass is 9.89. The molecule has 0 saturated heterocycles. The van der Waals surface area contributed by atoms with E-state index in [-0.39, 0.29) is 0 Å². The van der Waals surface area contributed by atoms with Crippen LogP contribution in [0.3, 0.4) is 0 Å². The van der Waals surface area contributed by atoms with Gasteiger partial charge in [-0.05, 0) is 62.6 Å². The molecule has 1 N–H and O–H groups in total. The van der Waals surface area contributed by atoms with E-state index in [0.717, 1.165) is 24.0 Å². The van der Waals surface area contributed by atoms with Gasteiger partial charge >= 0.3 is 0 Å². The molecule has 3 heteroatoms. The van der Waals surface area contributed by atoms with Crippen molar-refractivity contribution in [3.05, 3.63) is 23.8 Å². The largest absolute Gasteiger partial charge is 0.497 e. The van der Waals surface area contributed by atoms with Crippen molar-refractivity contribution in [3.63, 3.8) is 0 Å². The molecule has 0 aromatic heterocycles. The predicted molar refractivity (Wildman–Crippen MR) is 84.9 cm³/mol. The summed E-state index contributed by atoms with van der Waals surface area (Å²) in [7, 11) is 1.72. The van der Waals surface area contributed by atoms with Crippen LogP contribution < -0.4 is 14.8 Å². The second-order valence-electron chi connectivity index (χ2n) is 6.63. The van der Waals surface area contributed by atoms with Crippen LogP contribution in [0.1, 0.15) is 51.0 Å². The third-order valence-electron chi connectivity index (χ3n) is 4.68. The number of methoxy groups -OCH3 is 1. The molecule has 0 atom stereocenters. The van der Waals surface area contributed by atoms with Crippen LogP contribution in [0.15, 0.2) is 18.2 Å². The van der Waals surface area contributed by atoms with Crippen molar-refractivity contribution in [1.29, 1.82) is 0 Å². The number of hydrogen-bond donors (Lipinski definition) is 1. The normalized spacial score (nSPS) is 25.6. The van der Waals surface area contributed by atoms with Crippen LogP contribution in [-0.4, -0.2) is 19.3 Å². The zero-order chi connectivity index (χ0) is 14.7. The molecule has 116 valence electrons. The summed E-state index contributed by atoms with van der Waals surface area (Å²) in [5, 5.41) is 3.57. The van der Waals surface area contributed by atoms with Gasteiger partial charge in [0.25, 0.3) is 0 Å². The Kier molecular flexibility index (Phi) is 4.69. The average molecular weight is 289 g/mol. The number of ether oxygens (including phenoxy) is 2. The van der Waals surface area contributed by atoms with Crippen molar-refractivity contribution in [2.75, 3.05) is 7.11 Å². The molecule has 1 aromatic rings. The Bertz CT molecular complexity index is 462. The van der Waals surface area contributed by atoms with E-state index in [1.54, 1.807) is 7.11 Å². The van der Waals surface area contributed by atoms with Crippen LogP contribution in [0.5, 0.6) is 11.5 Å². The van der Waals surface area contributed by atoms with E-state index < -0.39 is 0 Å². The van der Waals surface area contributed by atoms with Gasteiger partial charge < -0.3 is 14.8 Å². The second kappa shape index (κ2) is 6.69. The smallest absolute Gasteiger partial charge is 0.124 e. The first-order valence-corrected chi connectivity index (χ1v) is 8.31. The molecule has 2 saturated carbocycles. The Balaban J connectivity index is 1.66. The molecule has 2 fully saturated rings. The van der Waals surface area contributed by atoms with Crippen LogP contribution in [0.25, 0.3) is 0 Å². The van der Waals surface area contributed by atoms with Crippen molar-refractivity contribution in [1.82, 2.24) is 5.32 Å². The first-order valence-electron chi connectivity index (χ1n) is 8.31. The molecule has 0 unspecified atom stereocenters. The third-order valence-corrected chi connectivity index (χ3v) is 4.68. The SMILES string of the molecule is COc1ccc(OC2CCC(C)CC2)c(CNC2CC2)c1. The molecule has 0 bridgehead atoms. The van der Waals surface area contributed by atoms with E-state index in [4.69, 9.17) is 9.47 Å². The van der Waals surface area contributed by atoms with Gasteiger partial charge in [0, 0.05) is 18.2 Å². The Morgan fingerprint density at radius 2 is 1.86 bits per heavy atom. The molecular formula is C18H27NO2. The fourth-order valence-corrected chi connectivity index (χ4v) is 3.00. The zero-order valence-electron chi connectivity index (χ0n) is 13.2. The standard InChI is InChI=1S/C18H27NO2/c1-13-3-7-16(8-4-13)21-18-10-9-17(20-2)11-14(18)12-19-15-5-6-15/h9-11,13,15-16,19H,3-8,12H2,1-2H3. The molecule has 0 radical (unpaired) electrons. The number of nitrogens with one attached hydrogen (secondary N) is 1. The van der Waals surface area contributed by atoms with Crippen molar-refractivity contribution in [2.24, 2.45) is 5.92 Å². The fourth-order valence-electron chi connectivity index (χ4n) is 3.00. The molecule has 1 aromatic carbocycles. The number of rotatable bonds is 6. The van der Waals surface area contributed by atoms with E-state index in [1.165, 1.54) is 44.1 Å². The lowest BCUT2D eigenvalue weighted by Crippen LogP contribution is -2.24. The molecule has 2 aliphatic rings. The van der Waals surface area contributed by atoms with Gasteiger partial charge in [-0.1, -0.05) is 6.92 Å². The van der Waals surface area contributed by atoms with Gasteiger partial charge in [-0.2, -0.15) is 0 Å². The Morgan fingerprint density at radius 3 is 2.52 bits per heavy atom. The Labute approximate surface area is 128 Å². The highest BCUT2D eigenvalue weighted by Gasteiger charge is 2.23. The lowest BCUT2D eigenvalue weighted by Gasteiger charge is -2.28. The monoisotopic (exact) mass is 289 g/mol. The van der Waals surface area contributed by atoms with Gasteiger partial charge in [-0.3, -0.25) is 0 Å². The molecule has 2 aliphatic carbocycles. The summed E-state index contributed by atoms with van der Waals surface area (Å²) in [6.45, 7) is 3.22. The summed E-state index contributed by atoms with van der Waals surface area (Å²) in [6, 6.07) is 6.89. The minimum Gasteiger partial charge on any atom is -0.497 e. The summed E-state index contributed by atoms with van der Waals surface area (Å²) in [4.78, 5) is 0. The van der Waals surface area contributed by atoms with Crippen LogP contribution >= 0.6 is 0 Å². The fraction of sp³-hybridized carbons (Fsp3) is 0.667. The summed E-state index contributed by atoms with van der Waals surface area (Å²) < 4.78 is 11.6. The Morgan fingerprint density at radius 1 is 1.10 bits per heavy atom. The van der Waals surface area contributed by atoms with E-state index in [2.05, 4.69) is 24.4 Å². The minimum absolute atomic E-state index is 0.384. The van der Waals surface area contributed by atoms with Gasteiger partial charge in [0.05, 0.1) is 13.2 Å². The van der Waals surface area contributed by atoms with Gasteiger partial charge in [-0.25, -0.2) is 0 Å². The molecule has 0 heterocycles.